The lowest BCUT2D eigenvalue weighted by Gasteiger charge is -2.22. The van der Waals surface area contributed by atoms with E-state index in [1.165, 1.54) is 0 Å². The second-order valence-electron chi connectivity index (χ2n) is 7.64. The zero-order valence-electron chi connectivity index (χ0n) is 17.6. The molecule has 2 heterocycles. The van der Waals surface area contributed by atoms with Gasteiger partial charge in [-0.2, -0.15) is 0 Å². The molecule has 9 heteroatoms. The first-order chi connectivity index (χ1) is 15.4. The van der Waals surface area contributed by atoms with E-state index in [9.17, 15) is 19.2 Å². The molecular formula is C23H23N3O5S. The molecule has 0 radical (unpaired) electrons. The van der Waals surface area contributed by atoms with Crippen LogP contribution < -0.4 is 10.2 Å². The Morgan fingerprint density at radius 2 is 1.88 bits per heavy atom. The smallest absolute Gasteiger partial charge is 0.338 e. The molecule has 32 heavy (non-hydrogen) atoms. The van der Waals surface area contributed by atoms with Crippen LogP contribution in [0.25, 0.3) is 0 Å². The molecule has 0 bridgehead atoms. The number of rotatable bonds is 5. The van der Waals surface area contributed by atoms with E-state index in [0.29, 0.717) is 22.9 Å². The molecule has 1 unspecified atom stereocenters. The molecule has 0 spiro atoms. The Bertz CT molecular complexity index is 1040. The number of amides is 4. The van der Waals surface area contributed by atoms with E-state index in [2.05, 4.69) is 12.2 Å². The molecule has 0 aromatic heterocycles. The normalized spacial score (nSPS) is 18.1. The van der Waals surface area contributed by atoms with Crippen molar-refractivity contribution in [1.29, 1.82) is 0 Å². The number of imide groups is 1. The van der Waals surface area contributed by atoms with Crippen LogP contribution in [0.15, 0.2) is 53.4 Å². The third-order valence-corrected chi connectivity index (χ3v) is 6.58. The van der Waals surface area contributed by atoms with E-state index in [-0.39, 0.29) is 31.5 Å². The van der Waals surface area contributed by atoms with E-state index < -0.39 is 12.0 Å². The molecule has 166 valence electrons. The van der Waals surface area contributed by atoms with Gasteiger partial charge in [-0.25, -0.2) is 9.59 Å². The van der Waals surface area contributed by atoms with Gasteiger partial charge in [0.25, 0.3) is 5.91 Å². The van der Waals surface area contributed by atoms with Crippen LogP contribution in [0.5, 0.6) is 0 Å². The lowest BCUT2D eigenvalue weighted by molar-refractivity contribution is -0.125. The molecule has 2 aromatic carbocycles. The van der Waals surface area contributed by atoms with Crippen molar-refractivity contribution in [3.63, 3.8) is 0 Å². The molecule has 1 fully saturated rings. The van der Waals surface area contributed by atoms with Crippen molar-refractivity contribution in [3.8, 4) is 0 Å². The van der Waals surface area contributed by atoms with Crippen molar-refractivity contribution >= 4 is 41.3 Å². The number of benzene rings is 2. The number of para-hydroxylation sites is 1. The minimum Gasteiger partial charge on any atom is -0.452 e. The molecule has 4 amide bonds. The Labute approximate surface area is 189 Å². The van der Waals surface area contributed by atoms with E-state index in [4.69, 9.17) is 4.74 Å². The summed E-state index contributed by atoms with van der Waals surface area (Å²) in [5.41, 5.74) is 1.84. The van der Waals surface area contributed by atoms with Crippen LogP contribution in [0.4, 0.5) is 10.5 Å². The Morgan fingerprint density at radius 1 is 1.12 bits per heavy atom. The van der Waals surface area contributed by atoms with Crippen LogP contribution in [0, 0.1) is 0 Å². The quantitative estimate of drug-likeness (QED) is 0.553. The molecule has 1 N–H and O–H groups in total. The van der Waals surface area contributed by atoms with Crippen molar-refractivity contribution in [3.05, 3.63) is 59.7 Å². The van der Waals surface area contributed by atoms with Gasteiger partial charge in [0.1, 0.15) is 0 Å². The zero-order chi connectivity index (χ0) is 22.7. The van der Waals surface area contributed by atoms with Gasteiger partial charge in [0.15, 0.2) is 6.61 Å². The third kappa shape index (κ3) is 4.77. The summed E-state index contributed by atoms with van der Waals surface area (Å²) in [4.78, 5) is 52.4. The van der Waals surface area contributed by atoms with Crippen LogP contribution in [0.3, 0.4) is 0 Å². The molecular weight excluding hydrogens is 430 g/mol. The van der Waals surface area contributed by atoms with Crippen molar-refractivity contribution < 1.29 is 23.9 Å². The first-order valence-electron chi connectivity index (χ1n) is 10.3. The fraction of sp³-hybridized carbons (Fsp3) is 0.304. The number of carbonyl (C=O) groups excluding carboxylic acids is 4. The van der Waals surface area contributed by atoms with Crippen molar-refractivity contribution in [2.45, 2.75) is 30.0 Å². The average Bonchev–Trinajstić information content (AvgIpc) is 3.00. The van der Waals surface area contributed by atoms with Crippen LogP contribution in [-0.2, 0) is 20.9 Å². The molecule has 0 aliphatic carbocycles. The number of ether oxygens (including phenoxy) is 1. The SMILES string of the molecule is CC1CCN(C(=O)COC(=O)c2ccc(CN3C(=O)CNC3=O)cc2)c2ccccc2S1. The zero-order valence-corrected chi connectivity index (χ0v) is 18.4. The van der Waals surface area contributed by atoms with Gasteiger partial charge in [-0.15, -0.1) is 11.8 Å². The molecule has 2 aliphatic heterocycles. The summed E-state index contributed by atoms with van der Waals surface area (Å²) in [6.07, 6.45) is 0.845. The molecule has 8 nitrogen and oxygen atoms in total. The number of anilines is 1. The minimum absolute atomic E-state index is 0.00361. The Morgan fingerprint density at radius 3 is 2.59 bits per heavy atom. The topological polar surface area (TPSA) is 96.0 Å². The summed E-state index contributed by atoms with van der Waals surface area (Å²) in [7, 11) is 0. The lowest BCUT2D eigenvalue weighted by atomic mass is 10.1. The maximum Gasteiger partial charge on any atom is 0.338 e. The van der Waals surface area contributed by atoms with Gasteiger partial charge in [-0.05, 0) is 36.2 Å². The van der Waals surface area contributed by atoms with Gasteiger partial charge in [0, 0.05) is 16.7 Å². The molecule has 2 aromatic rings. The van der Waals surface area contributed by atoms with Gasteiger partial charge in [-0.3, -0.25) is 14.5 Å². The maximum absolute atomic E-state index is 12.8. The Kier molecular flexibility index (Phi) is 6.45. The largest absolute Gasteiger partial charge is 0.452 e. The van der Waals surface area contributed by atoms with Gasteiger partial charge in [-0.1, -0.05) is 31.2 Å². The number of esters is 1. The van der Waals surface area contributed by atoms with E-state index in [0.717, 1.165) is 21.9 Å². The number of hydrogen-bond donors (Lipinski definition) is 1. The van der Waals surface area contributed by atoms with Gasteiger partial charge in [0.05, 0.1) is 24.3 Å². The highest BCUT2D eigenvalue weighted by Gasteiger charge is 2.28. The third-order valence-electron chi connectivity index (χ3n) is 5.34. The monoisotopic (exact) mass is 453 g/mol. The summed E-state index contributed by atoms with van der Waals surface area (Å²) in [6, 6.07) is 13.7. The van der Waals surface area contributed by atoms with Gasteiger partial charge in [0.2, 0.25) is 5.91 Å². The lowest BCUT2D eigenvalue weighted by Crippen LogP contribution is -2.35. The first-order valence-corrected chi connectivity index (χ1v) is 11.2. The molecule has 0 saturated carbocycles. The van der Waals surface area contributed by atoms with Gasteiger partial charge < -0.3 is 15.0 Å². The Hall–Kier alpha value is -3.33. The number of hydrogen-bond acceptors (Lipinski definition) is 6. The maximum atomic E-state index is 12.8. The summed E-state index contributed by atoms with van der Waals surface area (Å²) in [5, 5.41) is 2.85. The van der Waals surface area contributed by atoms with E-state index in [1.54, 1.807) is 40.9 Å². The predicted molar refractivity (Wildman–Crippen MR) is 119 cm³/mol. The summed E-state index contributed by atoms with van der Waals surface area (Å²) in [6.45, 7) is 2.47. The fourth-order valence-electron chi connectivity index (χ4n) is 3.58. The number of nitrogens with one attached hydrogen (secondary N) is 1. The highest BCUT2D eigenvalue weighted by molar-refractivity contribution is 8.00. The van der Waals surface area contributed by atoms with Crippen LogP contribution in [0.2, 0.25) is 0 Å². The molecule has 4 rings (SSSR count). The van der Waals surface area contributed by atoms with Crippen molar-refractivity contribution in [2.75, 3.05) is 24.6 Å². The van der Waals surface area contributed by atoms with Crippen molar-refractivity contribution in [2.24, 2.45) is 0 Å². The fourth-order valence-corrected chi connectivity index (χ4v) is 4.69. The first kappa shape index (κ1) is 21.9. The van der Waals surface area contributed by atoms with Crippen LogP contribution >= 0.6 is 11.8 Å². The van der Waals surface area contributed by atoms with Crippen molar-refractivity contribution in [1.82, 2.24) is 10.2 Å². The van der Waals surface area contributed by atoms with E-state index >= 15 is 0 Å². The molecule has 2 aliphatic rings. The van der Waals surface area contributed by atoms with Crippen LogP contribution in [0.1, 0.15) is 29.3 Å². The highest BCUT2D eigenvalue weighted by atomic mass is 32.2. The number of nitrogens with zero attached hydrogens (tertiary/aromatic N) is 2. The summed E-state index contributed by atoms with van der Waals surface area (Å²) < 4.78 is 5.27. The number of thioether (sulfide) groups is 1. The minimum atomic E-state index is -0.606. The predicted octanol–water partition coefficient (Wildman–Crippen LogP) is 2.81. The van der Waals surface area contributed by atoms with E-state index in [1.807, 2.05) is 24.3 Å². The Balaban J connectivity index is 1.36. The molecule has 1 saturated heterocycles. The number of urea groups is 1. The second-order valence-corrected chi connectivity index (χ2v) is 9.12. The number of carbonyl (C=O) groups is 4. The second kappa shape index (κ2) is 9.44. The molecule has 1 atom stereocenters. The van der Waals surface area contributed by atoms with Crippen LogP contribution in [-0.4, -0.2) is 53.7 Å². The number of fused-ring (bicyclic) bond motifs is 1. The standard InChI is InChI=1S/C23H23N3O5S/c1-15-10-11-25(18-4-2-3-5-19(18)32-15)21(28)14-31-22(29)17-8-6-16(7-9-17)13-26-20(27)12-24-23(26)30/h2-9,15H,10-14H2,1H3,(H,24,30). The highest BCUT2D eigenvalue weighted by Crippen LogP contribution is 2.37. The van der Waals surface area contributed by atoms with Gasteiger partial charge >= 0.3 is 12.0 Å². The average molecular weight is 454 g/mol. The summed E-state index contributed by atoms with van der Waals surface area (Å²) in [5.74, 6) is -1.17. The summed E-state index contributed by atoms with van der Waals surface area (Å²) >= 11 is 1.74.